The third kappa shape index (κ3) is 4.00. The molecule has 2 aromatic heterocycles. The molecule has 1 saturated carbocycles. The number of allylic oxidation sites excluding steroid dienone is 1. The van der Waals surface area contributed by atoms with Crippen molar-refractivity contribution in [2.45, 2.75) is 44.8 Å². The molecule has 1 saturated heterocycles. The van der Waals surface area contributed by atoms with Crippen LogP contribution in [0.4, 0.5) is 14.6 Å². The Morgan fingerprint density at radius 1 is 1.14 bits per heavy atom. The SMILES string of the molecule is Cc1ccccc1-c1ccc(/C=C/[C@@H]2[C@@H]3[C@@H](C)OC(=O)[C@]3(Nc3cocn3)CC(F)(F)[C@H]2C)nc1. The first-order chi connectivity index (χ1) is 16.7. The summed E-state index contributed by atoms with van der Waals surface area (Å²) in [4.78, 5) is 21.5. The molecule has 2 aliphatic rings. The average molecular weight is 480 g/mol. The van der Waals surface area contributed by atoms with Gasteiger partial charge in [0.05, 0.1) is 5.69 Å². The number of ether oxygens (including phenoxy) is 1. The van der Waals surface area contributed by atoms with Crippen molar-refractivity contribution in [2.24, 2.45) is 17.8 Å². The fourth-order valence-electron chi connectivity index (χ4n) is 5.58. The Hall–Kier alpha value is -3.55. The van der Waals surface area contributed by atoms with Crippen LogP contribution in [-0.4, -0.2) is 33.5 Å². The molecule has 3 aromatic rings. The van der Waals surface area contributed by atoms with E-state index in [4.69, 9.17) is 9.15 Å². The Morgan fingerprint density at radius 3 is 2.63 bits per heavy atom. The molecule has 5 rings (SSSR count). The zero-order valence-electron chi connectivity index (χ0n) is 19.7. The Balaban J connectivity index is 1.47. The number of esters is 1. The monoisotopic (exact) mass is 479 g/mol. The molecule has 35 heavy (non-hydrogen) atoms. The van der Waals surface area contributed by atoms with Crippen molar-refractivity contribution < 1.29 is 22.7 Å². The molecule has 1 N–H and O–H groups in total. The third-order valence-electron chi connectivity index (χ3n) is 7.42. The van der Waals surface area contributed by atoms with Gasteiger partial charge < -0.3 is 14.5 Å². The van der Waals surface area contributed by atoms with Crippen LogP contribution in [0, 0.1) is 24.7 Å². The largest absolute Gasteiger partial charge is 0.460 e. The Morgan fingerprint density at radius 2 is 1.94 bits per heavy atom. The quantitative estimate of drug-likeness (QED) is 0.469. The lowest BCUT2D eigenvalue weighted by atomic mass is 9.60. The summed E-state index contributed by atoms with van der Waals surface area (Å²) >= 11 is 0. The van der Waals surface area contributed by atoms with Gasteiger partial charge in [0.1, 0.15) is 17.9 Å². The lowest BCUT2D eigenvalue weighted by Crippen LogP contribution is -2.61. The minimum absolute atomic E-state index is 0.225. The number of anilines is 1. The number of carbonyl (C=O) groups excluding carboxylic acids is 1. The van der Waals surface area contributed by atoms with E-state index >= 15 is 8.78 Å². The number of nitrogens with zero attached hydrogens (tertiary/aromatic N) is 2. The molecule has 0 amide bonds. The molecule has 0 radical (unpaired) electrons. The Labute approximate surface area is 202 Å². The van der Waals surface area contributed by atoms with Gasteiger partial charge in [-0.05, 0) is 43.0 Å². The first-order valence-electron chi connectivity index (χ1n) is 11.7. The lowest BCUT2D eigenvalue weighted by Gasteiger charge is -2.47. The van der Waals surface area contributed by atoms with E-state index in [0.29, 0.717) is 5.69 Å². The number of benzene rings is 1. The van der Waals surface area contributed by atoms with E-state index in [0.717, 1.165) is 16.7 Å². The van der Waals surface area contributed by atoms with Crippen molar-refractivity contribution >= 4 is 17.9 Å². The van der Waals surface area contributed by atoms with Crippen LogP contribution < -0.4 is 5.32 Å². The van der Waals surface area contributed by atoms with Crippen LogP contribution >= 0.6 is 0 Å². The maximum atomic E-state index is 15.3. The van der Waals surface area contributed by atoms with Crippen LogP contribution in [0.2, 0.25) is 0 Å². The number of oxazole rings is 1. The number of rotatable bonds is 5. The number of carbonyl (C=O) groups is 1. The van der Waals surface area contributed by atoms with Gasteiger partial charge in [-0.3, -0.25) is 4.98 Å². The van der Waals surface area contributed by atoms with Gasteiger partial charge in [-0.15, -0.1) is 0 Å². The summed E-state index contributed by atoms with van der Waals surface area (Å²) in [5, 5.41) is 2.94. The van der Waals surface area contributed by atoms with E-state index in [2.05, 4.69) is 15.3 Å². The highest BCUT2D eigenvalue weighted by molar-refractivity contribution is 5.87. The molecule has 182 valence electrons. The average Bonchev–Trinajstić information content (AvgIpc) is 3.41. The topological polar surface area (TPSA) is 77.2 Å². The van der Waals surface area contributed by atoms with Crippen molar-refractivity contribution in [3.63, 3.8) is 0 Å². The highest BCUT2D eigenvalue weighted by Gasteiger charge is 2.68. The van der Waals surface area contributed by atoms with E-state index < -0.39 is 47.7 Å². The van der Waals surface area contributed by atoms with Gasteiger partial charge in [0.15, 0.2) is 12.2 Å². The van der Waals surface area contributed by atoms with Gasteiger partial charge in [-0.1, -0.05) is 43.3 Å². The first-order valence-corrected chi connectivity index (χ1v) is 11.7. The third-order valence-corrected chi connectivity index (χ3v) is 7.42. The summed E-state index contributed by atoms with van der Waals surface area (Å²) in [5.41, 5.74) is 2.26. The number of pyridine rings is 1. The second-order valence-corrected chi connectivity index (χ2v) is 9.56. The van der Waals surface area contributed by atoms with Gasteiger partial charge >= 0.3 is 5.97 Å². The second kappa shape index (κ2) is 8.59. The van der Waals surface area contributed by atoms with Crippen molar-refractivity contribution in [2.75, 3.05) is 5.32 Å². The van der Waals surface area contributed by atoms with Crippen molar-refractivity contribution in [3.8, 4) is 11.1 Å². The molecule has 3 heterocycles. The summed E-state index contributed by atoms with van der Waals surface area (Å²) in [7, 11) is 0. The standard InChI is InChI=1S/C27H27F2N3O3/c1-16-6-4-5-7-21(16)19-8-9-20(30-12-19)10-11-22-17(2)27(28,29)14-26(32-23-13-34-15-31-23)24(22)18(3)35-25(26)33/h4-13,15,17-18,22,24,32H,14H2,1-3H3/b11-10+/t17-,18+,22-,24-,26-/m0/s1. The second-order valence-electron chi connectivity index (χ2n) is 9.56. The number of aryl methyl sites for hydroxylation is 1. The fraction of sp³-hybridized carbons (Fsp3) is 0.370. The number of fused-ring (bicyclic) bond motifs is 1. The van der Waals surface area contributed by atoms with E-state index in [1.807, 2.05) is 43.3 Å². The zero-order valence-corrected chi connectivity index (χ0v) is 19.7. The molecule has 0 unspecified atom stereocenters. The van der Waals surface area contributed by atoms with E-state index in [1.165, 1.54) is 19.6 Å². The van der Waals surface area contributed by atoms with Crippen LogP contribution in [0.3, 0.4) is 0 Å². The molecule has 1 aliphatic carbocycles. The molecule has 8 heteroatoms. The number of cyclic esters (lactones) is 1. The van der Waals surface area contributed by atoms with Crippen LogP contribution in [0.5, 0.6) is 0 Å². The molecule has 0 spiro atoms. The van der Waals surface area contributed by atoms with Gasteiger partial charge in [0, 0.05) is 30.0 Å². The summed E-state index contributed by atoms with van der Waals surface area (Å²) in [6, 6.07) is 11.9. The van der Waals surface area contributed by atoms with E-state index in [9.17, 15) is 4.79 Å². The predicted molar refractivity (Wildman–Crippen MR) is 128 cm³/mol. The molecule has 1 aliphatic heterocycles. The number of aromatic nitrogens is 2. The maximum absolute atomic E-state index is 15.3. The van der Waals surface area contributed by atoms with Gasteiger partial charge in [0.2, 0.25) is 0 Å². The van der Waals surface area contributed by atoms with Crippen LogP contribution in [-0.2, 0) is 9.53 Å². The molecule has 1 aromatic carbocycles. The summed E-state index contributed by atoms with van der Waals surface area (Å²) < 4.78 is 41.1. The zero-order chi connectivity index (χ0) is 24.8. The number of alkyl halides is 2. The molecule has 2 fully saturated rings. The van der Waals surface area contributed by atoms with Crippen molar-refractivity contribution in [1.29, 1.82) is 0 Å². The normalized spacial score (nSPS) is 29.7. The maximum Gasteiger partial charge on any atom is 0.332 e. The number of hydrogen-bond donors (Lipinski definition) is 1. The molecular weight excluding hydrogens is 452 g/mol. The lowest BCUT2D eigenvalue weighted by molar-refractivity contribution is -0.153. The predicted octanol–water partition coefficient (Wildman–Crippen LogP) is 5.76. The van der Waals surface area contributed by atoms with E-state index in [-0.39, 0.29) is 5.82 Å². The van der Waals surface area contributed by atoms with Gasteiger partial charge in [0.25, 0.3) is 5.92 Å². The Kier molecular flexibility index (Phi) is 5.69. The smallest absolute Gasteiger partial charge is 0.332 e. The highest BCUT2D eigenvalue weighted by atomic mass is 19.3. The number of hydrogen-bond acceptors (Lipinski definition) is 6. The van der Waals surface area contributed by atoms with Crippen molar-refractivity contribution in [3.05, 3.63) is 72.6 Å². The summed E-state index contributed by atoms with van der Waals surface area (Å²) in [6.45, 7) is 5.32. The minimum Gasteiger partial charge on any atom is -0.460 e. The van der Waals surface area contributed by atoms with E-state index in [1.54, 1.807) is 25.3 Å². The molecule has 5 atom stereocenters. The molecular formula is C27H27F2N3O3. The Bertz CT molecular complexity index is 1240. The van der Waals surface area contributed by atoms with Crippen LogP contribution in [0.15, 0.2) is 65.7 Å². The van der Waals surface area contributed by atoms with Crippen LogP contribution in [0.25, 0.3) is 17.2 Å². The number of halogens is 2. The molecule has 0 bridgehead atoms. The van der Waals surface area contributed by atoms with Gasteiger partial charge in [-0.2, -0.15) is 4.98 Å². The molecule has 6 nitrogen and oxygen atoms in total. The van der Waals surface area contributed by atoms with Gasteiger partial charge in [-0.25, -0.2) is 13.6 Å². The fourth-order valence-corrected chi connectivity index (χ4v) is 5.58. The first kappa shape index (κ1) is 23.2. The van der Waals surface area contributed by atoms with Crippen molar-refractivity contribution in [1.82, 2.24) is 9.97 Å². The minimum atomic E-state index is -3.10. The van der Waals surface area contributed by atoms with Crippen LogP contribution in [0.1, 0.15) is 31.5 Å². The highest BCUT2D eigenvalue weighted by Crippen LogP contribution is 2.56. The summed E-state index contributed by atoms with van der Waals surface area (Å²) in [6.07, 6.45) is 6.54. The number of nitrogens with one attached hydrogen (secondary N) is 1. The summed E-state index contributed by atoms with van der Waals surface area (Å²) in [5.74, 6) is -5.74.